The first kappa shape index (κ1) is 14.9. The van der Waals surface area contributed by atoms with Gasteiger partial charge in [-0.3, -0.25) is 5.32 Å². The molecule has 1 unspecified atom stereocenters. The molecule has 1 aliphatic heterocycles. The summed E-state index contributed by atoms with van der Waals surface area (Å²) >= 11 is 0. The van der Waals surface area contributed by atoms with E-state index in [4.69, 9.17) is 0 Å². The predicted octanol–water partition coefficient (Wildman–Crippen LogP) is 3.11. The number of aryl methyl sites for hydroxylation is 1. The summed E-state index contributed by atoms with van der Waals surface area (Å²) in [7, 11) is 0. The molecule has 1 aliphatic rings. The summed E-state index contributed by atoms with van der Waals surface area (Å²) in [4.78, 5) is 2.45. The number of anilines is 1. The first-order valence-corrected chi connectivity index (χ1v) is 7.69. The third-order valence-corrected chi connectivity index (χ3v) is 3.83. The third kappa shape index (κ3) is 3.98. The Morgan fingerprint density at radius 3 is 2.85 bits per heavy atom. The number of fused-ring (bicyclic) bond motifs is 1. The Bertz CT molecular complexity index is 462. The van der Waals surface area contributed by atoms with E-state index in [1.54, 1.807) is 0 Å². The maximum absolute atomic E-state index is 9.22. The normalized spacial score (nSPS) is 16.4. The van der Waals surface area contributed by atoms with Crippen LogP contribution in [0.15, 0.2) is 24.3 Å². The van der Waals surface area contributed by atoms with Crippen molar-refractivity contribution in [3.63, 3.8) is 0 Å². The van der Waals surface area contributed by atoms with Crippen molar-refractivity contribution in [3.05, 3.63) is 29.8 Å². The lowest BCUT2D eigenvalue weighted by atomic mass is 10.1. The van der Waals surface area contributed by atoms with Gasteiger partial charge < -0.3 is 4.90 Å². The van der Waals surface area contributed by atoms with Crippen LogP contribution in [-0.2, 0) is 6.42 Å². The van der Waals surface area contributed by atoms with Crippen LogP contribution in [0.3, 0.4) is 0 Å². The van der Waals surface area contributed by atoms with E-state index in [1.165, 1.54) is 30.5 Å². The van der Waals surface area contributed by atoms with Gasteiger partial charge in [0.05, 0.1) is 12.1 Å². The predicted molar refractivity (Wildman–Crippen MR) is 83.9 cm³/mol. The van der Waals surface area contributed by atoms with Crippen LogP contribution in [0, 0.1) is 11.3 Å². The maximum atomic E-state index is 9.22. The van der Waals surface area contributed by atoms with Gasteiger partial charge >= 0.3 is 0 Å². The average Bonchev–Trinajstić information content (AvgIpc) is 2.65. The van der Waals surface area contributed by atoms with Gasteiger partial charge in [-0.2, -0.15) is 5.26 Å². The molecule has 1 aromatic rings. The van der Waals surface area contributed by atoms with Crippen LogP contribution in [0.1, 0.15) is 38.7 Å². The minimum absolute atomic E-state index is 0.0505. The van der Waals surface area contributed by atoms with Crippen molar-refractivity contribution in [2.75, 3.05) is 18.0 Å². The molecule has 1 heterocycles. The van der Waals surface area contributed by atoms with Crippen LogP contribution >= 0.6 is 0 Å². The van der Waals surface area contributed by atoms with Gasteiger partial charge in [-0.1, -0.05) is 18.2 Å². The number of para-hydroxylation sites is 1. The molecule has 20 heavy (non-hydrogen) atoms. The standard InChI is InChI=1S/C17H25N3/c1-14(2)19-16(13-18)10-12-20-11-6-5-8-15-7-3-4-9-17(15)20/h3-4,7,9,14,16,19H,5-6,8,10-12H2,1-2H3. The van der Waals surface area contributed by atoms with Crippen LogP contribution in [0.2, 0.25) is 0 Å². The van der Waals surface area contributed by atoms with E-state index in [-0.39, 0.29) is 6.04 Å². The Hall–Kier alpha value is -1.53. The minimum Gasteiger partial charge on any atom is -0.371 e. The van der Waals surface area contributed by atoms with Gasteiger partial charge in [0.25, 0.3) is 0 Å². The lowest BCUT2D eigenvalue weighted by Gasteiger charge is -2.26. The van der Waals surface area contributed by atoms with Crippen LogP contribution in [0.5, 0.6) is 0 Å². The van der Waals surface area contributed by atoms with Gasteiger partial charge in [0.15, 0.2) is 0 Å². The number of hydrogen-bond donors (Lipinski definition) is 1. The van der Waals surface area contributed by atoms with Gasteiger partial charge in [0, 0.05) is 24.8 Å². The van der Waals surface area contributed by atoms with Gasteiger partial charge in [0.2, 0.25) is 0 Å². The SMILES string of the molecule is CC(C)NC(C#N)CCN1CCCCc2ccccc21. The molecule has 2 rings (SSSR count). The van der Waals surface area contributed by atoms with Gasteiger partial charge in [-0.05, 0) is 51.2 Å². The number of nitrogens with zero attached hydrogens (tertiary/aromatic N) is 2. The maximum Gasteiger partial charge on any atom is 0.0971 e. The zero-order valence-electron chi connectivity index (χ0n) is 12.6. The van der Waals surface area contributed by atoms with Crippen molar-refractivity contribution in [2.24, 2.45) is 0 Å². The first-order valence-electron chi connectivity index (χ1n) is 7.69. The van der Waals surface area contributed by atoms with Gasteiger partial charge in [-0.25, -0.2) is 0 Å². The zero-order valence-corrected chi connectivity index (χ0v) is 12.6. The van der Waals surface area contributed by atoms with E-state index in [0.29, 0.717) is 6.04 Å². The molecule has 0 saturated heterocycles. The summed E-state index contributed by atoms with van der Waals surface area (Å²) in [6.45, 7) is 6.24. The molecule has 0 aromatic heterocycles. The van der Waals surface area contributed by atoms with Crippen LogP contribution in [0.25, 0.3) is 0 Å². The summed E-state index contributed by atoms with van der Waals surface area (Å²) in [5.41, 5.74) is 2.82. The quantitative estimate of drug-likeness (QED) is 0.894. The Kier molecular flexibility index (Phi) is 5.43. The Morgan fingerprint density at radius 1 is 1.30 bits per heavy atom. The van der Waals surface area contributed by atoms with Crippen molar-refractivity contribution in [3.8, 4) is 6.07 Å². The van der Waals surface area contributed by atoms with Crippen molar-refractivity contribution in [2.45, 2.75) is 51.6 Å². The number of rotatable bonds is 5. The van der Waals surface area contributed by atoms with Crippen LogP contribution < -0.4 is 10.2 Å². The molecule has 0 fully saturated rings. The molecule has 3 heteroatoms. The van der Waals surface area contributed by atoms with Crippen molar-refractivity contribution in [1.82, 2.24) is 5.32 Å². The largest absolute Gasteiger partial charge is 0.371 e. The monoisotopic (exact) mass is 271 g/mol. The van der Waals surface area contributed by atoms with Gasteiger partial charge in [-0.15, -0.1) is 0 Å². The Morgan fingerprint density at radius 2 is 2.10 bits per heavy atom. The Balaban J connectivity index is 2.00. The van der Waals surface area contributed by atoms with E-state index in [9.17, 15) is 5.26 Å². The second-order valence-electron chi connectivity index (χ2n) is 5.86. The number of hydrogen-bond acceptors (Lipinski definition) is 3. The molecule has 0 radical (unpaired) electrons. The Labute approximate surface area is 122 Å². The third-order valence-electron chi connectivity index (χ3n) is 3.83. The summed E-state index contributed by atoms with van der Waals surface area (Å²) in [5.74, 6) is 0. The molecule has 3 nitrogen and oxygen atoms in total. The fourth-order valence-electron chi connectivity index (χ4n) is 2.87. The summed E-state index contributed by atoms with van der Waals surface area (Å²) in [6.07, 6.45) is 4.56. The highest BCUT2D eigenvalue weighted by Crippen LogP contribution is 2.26. The van der Waals surface area contributed by atoms with Crippen molar-refractivity contribution >= 4 is 5.69 Å². The lowest BCUT2D eigenvalue weighted by molar-refractivity contribution is 0.502. The zero-order chi connectivity index (χ0) is 14.4. The fourth-order valence-corrected chi connectivity index (χ4v) is 2.87. The molecular formula is C17H25N3. The lowest BCUT2D eigenvalue weighted by Crippen LogP contribution is -2.37. The van der Waals surface area contributed by atoms with E-state index >= 15 is 0 Å². The number of benzene rings is 1. The molecule has 0 bridgehead atoms. The highest BCUT2D eigenvalue weighted by molar-refractivity contribution is 5.54. The summed E-state index contributed by atoms with van der Waals surface area (Å²) in [6, 6.07) is 11.4. The molecule has 1 aromatic carbocycles. The molecule has 0 spiro atoms. The number of nitriles is 1. The van der Waals surface area contributed by atoms with E-state index in [2.05, 4.69) is 54.4 Å². The molecular weight excluding hydrogens is 246 g/mol. The van der Waals surface area contributed by atoms with E-state index in [0.717, 1.165) is 19.5 Å². The topological polar surface area (TPSA) is 39.1 Å². The van der Waals surface area contributed by atoms with Crippen LogP contribution in [0.4, 0.5) is 5.69 Å². The highest BCUT2D eigenvalue weighted by Gasteiger charge is 2.16. The molecule has 0 amide bonds. The molecule has 0 saturated carbocycles. The summed E-state index contributed by atoms with van der Waals surface area (Å²) in [5, 5.41) is 12.5. The van der Waals surface area contributed by atoms with E-state index in [1.807, 2.05) is 0 Å². The van der Waals surface area contributed by atoms with Crippen molar-refractivity contribution < 1.29 is 0 Å². The summed E-state index contributed by atoms with van der Waals surface area (Å²) < 4.78 is 0. The average molecular weight is 271 g/mol. The highest BCUT2D eigenvalue weighted by atomic mass is 15.1. The molecule has 0 aliphatic carbocycles. The smallest absolute Gasteiger partial charge is 0.0971 e. The van der Waals surface area contributed by atoms with Crippen molar-refractivity contribution in [1.29, 1.82) is 5.26 Å². The number of nitrogens with one attached hydrogen (secondary N) is 1. The first-order chi connectivity index (χ1) is 9.70. The second kappa shape index (κ2) is 7.31. The van der Waals surface area contributed by atoms with Gasteiger partial charge in [0.1, 0.15) is 0 Å². The molecule has 1 atom stereocenters. The second-order valence-corrected chi connectivity index (χ2v) is 5.86. The molecule has 1 N–H and O–H groups in total. The molecule has 108 valence electrons. The fraction of sp³-hybridized carbons (Fsp3) is 0.588. The van der Waals surface area contributed by atoms with E-state index < -0.39 is 0 Å². The van der Waals surface area contributed by atoms with Crippen LogP contribution in [-0.4, -0.2) is 25.2 Å². The minimum atomic E-state index is -0.0505.